The molecule has 2 N–H and O–H groups in total. The van der Waals surface area contributed by atoms with E-state index in [0.717, 1.165) is 17.3 Å². The van der Waals surface area contributed by atoms with E-state index in [1.807, 2.05) is 13.1 Å². The van der Waals surface area contributed by atoms with Crippen LogP contribution in [0.2, 0.25) is 0 Å². The monoisotopic (exact) mass is 201 g/mol. The van der Waals surface area contributed by atoms with Gasteiger partial charge in [0.1, 0.15) is 0 Å². The van der Waals surface area contributed by atoms with E-state index in [1.54, 1.807) is 0 Å². The van der Waals surface area contributed by atoms with Crippen molar-refractivity contribution in [3.63, 3.8) is 0 Å². The number of anilines is 2. The molecule has 0 saturated carbocycles. The molecule has 2 rings (SSSR count). The van der Waals surface area contributed by atoms with Crippen molar-refractivity contribution in [2.24, 2.45) is 0 Å². The maximum absolute atomic E-state index is 4.21. The highest BCUT2D eigenvalue weighted by Gasteiger charge is 2.01. The van der Waals surface area contributed by atoms with E-state index in [9.17, 15) is 0 Å². The third-order valence-corrected chi connectivity index (χ3v) is 2.34. The molecular weight excluding hydrogens is 186 g/mol. The summed E-state index contributed by atoms with van der Waals surface area (Å²) in [6.07, 6.45) is 1.81. The molecule has 0 saturated heterocycles. The van der Waals surface area contributed by atoms with E-state index >= 15 is 0 Å². The molecule has 0 unspecified atom stereocenters. The zero-order chi connectivity index (χ0) is 10.8. The van der Waals surface area contributed by atoms with Crippen LogP contribution in [-0.4, -0.2) is 9.97 Å². The molecule has 0 amide bonds. The number of imidazole rings is 1. The van der Waals surface area contributed by atoms with E-state index in [-0.39, 0.29) is 0 Å². The zero-order valence-corrected chi connectivity index (χ0v) is 9.26. The van der Waals surface area contributed by atoms with Gasteiger partial charge in [-0.15, -0.1) is 0 Å². The fourth-order valence-electron chi connectivity index (χ4n) is 1.56. The van der Waals surface area contributed by atoms with Crippen molar-refractivity contribution in [3.8, 4) is 0 Å². The highest BCUT2D eigenvalue weighted by atomic mass is 15.1. The lowest BCUT2D eigenvalue weighted by molar-refractivity contribution is 1.23. The van der Waals surface area contributed by atoms with Crippen LogP contribution in [0.4, 0.5) is 11.6 Å². The second-order valence-corrected chi connectivity index (χ2v) is 3.86. The number of benzene rings is 1. The van der Waals surface area contributed by atoms with Gasteiger partial charge in [-0.25, -0.2) is 4.98 Å². The Kier molecular flexibility index (Phi) is 2.46. The quantitative estimate of drug-likeness (QED) is 0.784. The Morgan fingerprint density at radius 2 is 2.00 bits per heavy atom. The largest absolute Gasteiger partial charge is 0.328 e. The highest BCUT2D eigenvalue weighted by molar-refractivity contribution is 5.58. The van der Waals surface area contributed by atoms with Crippen molar-refractivity contribution in [1.29, 1.82) is 0 Å². The number of rotatable bonds is 2. The third-order valence-electron chi connectivity index (χ3n) is 2.34. The van der Waals surface area contributed by atoms with Crippen LogP contribution in [0.1, 0.15) is 16.8 Å². The number of nitrogens with one attached hydrogen (secondary N) is 2. The molecule has 0 fully saturated rings. The fourth-order valence-corrected chi connectivity index (χ4v) is 1.56. The average Bonchev–Trinajstić information content (AvgIpc) is 2.56. The number of hydrogen-bond acceptors (Lipinski definition) is 2. The lowest BCUT2D eigenvalue weighted by Gasteiger charge is -2.07. The molecule has 0 radical (unpaired) electrons. The van der Waals surface area contributed by atoms with Gasteiger partial charge in [-0.1, -0.05) is 17.7 Å². The predicted molar refractivity (Wildman–Crippen MR) is 62.5 cm³/mol. The SMILES string of the molecule is Cc1ccc(Nc2ncc(C)[nH]2)c(C)c1. The van der Waals surface area contributed by atoms with Crippen molar-refractivity contribution >= 4 is 11.6 Å². The van der Waals surface area contributed by atoms with Crippen LogP contribution in [0.5, 0.6) is 0 Å². The van der Waals surface area contributed by atoms with Gasteiger partial charge in [0.2, 0.25) is 5.95 Å². The molecule has 0 aliphatic heterocycles. The van der Waals surface area contributed by atoms with E-state index in [1.165, 1.54) is 11.1 Å². The molecule has 78 valence electrons. The molecule has 0 spiro atoms. The van der Waals surface area contributed by atoms with Gasteiger partial charge in [-0.05, 0) is 32.4 Å². The van der Waals surface area contributed by atoms with Crippen molar-refractivity contribution in [2.45, 2.75) is 20.8 Å². The fraction of sp³-hybridized carbons (Fsp3) is 0.250. The maximum atomic E-state index is 4.21. The Labute approximate surface area is 89.6 Å². The molecule has 0 aliphatic carbocycles. The second kappa shape index (κ2) is 3.77. The molecule has 2 aromatic rings. The van der Waals surface area contributed by atoms with Crippen LogP contribution in [0, 0.1) is 20.8 Å². The lowest BCUT2D eigenvalue weighted by atomic mass is 10.1. The molecule has 0 atom stereocenters. The first kappa shape index (κ1) is 9.77. The number of nitrogens with zero attached hydrogens (tertiary/aromatic N) is 1. The zero-order valence-electron chi connectivity index (χ0n) is 9.26. The minimum Gasteiger partial charge on any atom is -0.328 e. The second-order valence-electron chi connectivity index (χ2n) is 3.86. The minimum atomic E-state index is 0.791. The minimum absolute atomic E-state index is 0.791. The van der Waals surface area contributed by atoms with Crippen molar-refractivity contribution in [1.82, 2.24) is 9.97 Å². The molecule has 1 heterocycles. The van der Waals surface area contributed by atoms with Crippen molar-refractivity contribution in [2.75, 3.05) is 5.32 Å². The predicted octanol–water partition coefficient (Wildman–Crippen LogP) is 3.08. The van der Waals surface area contributed by atoms with Gasteiger partial charge in [0, 0.05) is 17.6 Å². The van der Waals surface area contributed by atoms with Crippen LogP contribution in [0.25, 0.3) is 0 Å². The first-order valence-electron chi connectivity index (χ1n) is 5.01. The molecule has 1 aromatic carbocycles. The van der Waals surface area contributed by atoms with Gasteiger partial charge in [-0.2, -0.15) is 0 Å². The van der Waals surface area contributed by atoms with Gasteiger partial charge in [0.05, 0.1) is 0 Å². The maximum Gasteiger partial charge on any atom is 0.204 e. The van der Waals surface area contributed by atoms with E-state index in [2.05, 4.69) is 47.3 Å². The molecule has 15 heavy (non-hydrogen) atoms. The number of aromatic nitrogens is 2. The first-order valence-corrected chi connectivity index (χ1v) is 5.01. The number of aryl methyl sites for hydroxylation is 3. The molecule has 3 heteroatoms. The highest BCUT2D eigenvalue weighted by Crippen LogP contribution is 2.19. The summed E-state index contributed by atoms with van der Waals surface area (Å²) >= 11 is 0. The Bertz CT molecular complexity index is 471. The normalized spacial score (nSPS) is 10.3. The Balaban J connectivity index is 2.24. The van der Waals surface area contributed by atoms with Crippen LogP contribution in [-0.2, 0) is 0 Å². The van der Waals surface area contributed by atoms with Gasteiger partial charge in [0.25, 0.3) is 0 Å². The number of hydrogen-bond donors (Lipinski definition) is 2. The van der Waals surface area contributed by atoms with Gasteiger partial charge < -0.3 is 10.3 Å². The van der Waals surface area contributed by atoms with Gasteiger partial charge in [0.15, 0.2) is 0 Å². The summed E-state index contributed by atoms with van der Waals surface area (Å²) in [4.78, 5) is 7.35. The Morgan fingerprint density at radius 3 is 2.60 bits per heavy atom. The molecule has 3 nitrogen and oxygen atoms in total. The molecule has 0 aliphatic rings. The summed E-state index contributed by atoms with van der Waals surface area (Å²) in [6, 6.07) is 6.31. The third kappa shape index (κ3) is 2.18. The summed E-state index contributed by atoms with van der Waals surface area (Å²) in [7, 11) is 0. The van der Waals surface area contributed by atoms with Crippen LogP contribution in [0.15, 0.2) is 24.4 Å². The summed E-state index contributed by atoms with van der Waals surface area (Å²) in [5.74, 6) is 0.791. The standard InChI is InChI=1S/C12H15N3/c1-8-4-5-11(9(2)6-8)15-12-13-7-10(3)14-12/h4-7H,1-3H3,(H2,13,14,15). The summed E-state index contributed by atoms with van der Waals surface area (Å²) in [5.41, 5.74) is 4.65. The molecular formula is C12H15N3. The summed E-state index contributed by atoms with van der Waals surface area (Å²) in [5, 5.41) is 3.25. The number of aromatic amines is 1. The van der Waals surface area contributed by atoms with Crippen molar-refractivity contribution in [3.05, 3.63) is 41.2 Å². The van der Waals surface area contributed by atoms with Crippen molar-refractivity contribution < 1.29 is 0 Å². The average molecular weight is 201 g/mol. The summed E-state index contributed by atoms with van der Waals surface area (Å²) < 4.78 is 0. The summed E-state index contributed by atoms with van der Waals surface area (Å²) in [6.45, 7) is 6.17. The Morgan fingerprint density at radius 1 is 1.20 bits per heavy atom. The first-order chi connectivity index (χ1) is 7.15. The Hall–Kier alpha value is -1.77. The van der Waals surface area contributed by atoms with E-state index in [4.69, 9.17) is 0 Å². The van der Waals surface area contributed by atoms with E-state index < -0.39 is 0 Å². The van der Waals surface area contributed by atoms with Crippen LogP contribution < -0.4 is 5.32 Å². The van der Waals surface area contributed by atoms with Crippen LogP contribution in [0.3, 0.4) is 0 Å². The van der Waals surface area contributed by atoms with Gasteiger partial charge in [-0.3, -0.25) is 0 Å². The topological polar surface area (TPSA) is 40.7 Å². The van der Waals surface area contributed by atoms with E-state index in [0.29, 0.717) is 0 Å². The smallest absolute Gasteiger partial charge is 0.204 e. The molecule has 1 aromatic heterocycles. The molecule has 0 bridgehead atoms. The van der Waals surface area contributed by atoms with Crippen LogP contribution >= 0.6 is 0 Å². The van der Waals surface area contributed by atoms with Gasteiger partial charge >= 0.3 is 0 Å². The number of H-pyrrole nitrogens is 1. The lowest BCUT2D eigenvalue weighted by Crippen LogP contribution is -1.95.